The summed E-state index contributed by atoms with van der Waals surface area (Å²) < 4.78 is 10.4. The first kappa shape index (κ1) is 13.9. The van der Waals surface area contributed by atoms with Crippen LogP contribution in [0.3, 0.4) is 0 Å². The molecule has 1 fully saturated rings. The normalized spacial score (nSPS) is 18.5. The van der Waals surface area contributed by atoms with Crippen molar-refractivity contribution in [2.75, 3.05) is 6.54 Å². The van der Waals surface area contributed by atoms with Crippen molar-refractivity contribution in [2.24, 2.45) is 5.92 Å². The number of nitrogens with one attached hydrogen (secondary N) is 1. The summed E-state index contributed by atoms with van der Waals surface area (Å²) in [4.78, 5) is 12.2. The van der Waals surface area contributed by atoms with Crippen LogP contribution in [0.5, 0.6) is 0 Å². The van der Waals surface area contributed by atoms with E-state index in [1.165, 1.54) is 18.8 Å². The lowest BCUT2D eigenvalue weighted by Gasteiger charge is -2.26. The van der Waals surface area contributed by atoms with E-state index in [-0.39, 0.29) is 18.4 Å². The number of aliphatic hydroxyl groups is 1. The molecule has 0 unspecified atom stereocenters. The van der Waals surface area contributed by atoms with Crippen LogP contribution in [0.15, 0.2) is 45.8 Å². The van der Waals surface area contributed by atoms with Crippen molar-refractivity contribution in [3.05, 3.63) is 48.3 Å². The maximum Gasteiger partial charge on any atom is 0.223 e. The second-order valence-electron chi connectivity index (χ2n) is 5.55. The molecule has 5 nitrogen and oxygen atoms in total. The molecule has 2 N–H and O–H groups in total. The number of rotatable bonds is 5. The molecular weight excluding hydrogens is 270 g/mol. The zero-order valence-electron chi connectivity index (χ0n) is 11.7. The molecule has 1 atom stereocenters. The van der Waals surface area contributed by atoms with Crippen molar-refractivity contribution in [1.29, 1.82) is 0 Å². The van der Waals surface area contributed by atoms with Crippen LogP contribution >= 0.6 is 0 Å². The van der Waals surface area contributed by atoms with Gasteiger partial charge >= 0.3 is 0 Å². The number of carbonyl (C=O) groups excluding carboxylic acids is 1. The highest BCUT2D eigenvalue weighted by atomic mass is 16.4. The third kappa shape index (κ3) is 2.74. The molecule has 2 aromatic rings. The molecule has 1 aliphatic carbocycles. The molecule has 21 heavy (non-hydrogen) atoms. The van der Waals surface area contributed by atoms with Crippen LogP contribution in [0.25, 0.3) is 0 Å². The summed E-state index contributed by atoms with van der Waals surface area (Å²) >= 11 is 0. The van der Waals surface area contributed by atoms with Gasteiger partial charge < -0.3 is 19.3 Å². The first-order chi connectivity index (χ1) is 10.2. The van der Waals surface area contributed by atoms with Gasteiger partial charge in [-0.1, -0.05) is 12.8 Å². The van der Waals surface area contributed by atoms with E-state index in [1.54, 1.807) is 18.2 Å². The summed E-state index contributed by atoms with van der Waals surface area (Å²) in [6.07, 6.45) is 8.50. The fourth-order valence-electron chi connectivity index (χ4n) is 2.89. The van der Waals surface area contributed by atoms with Gasteiger partial charge in [-0.25, -0.2) is 0 Å². The van der Waals surface area contributed by atoms with Crippen molar-refractivity contribution >= 4 is 5.91 Å². The summed E-state index contributed by atoms with van der Waals surface area (Å²) in [6, 6.07) is 5.07. The Labute approximate surface area is 122 Å². The molecule has 0 aromatic carbocycles. The molecule has 0 aliphatic heterocycles. The highest BCUT2D eigenvalue weighted by molar-refractivity contribution is 5.79. The first-order valence-corrected chi connectivity index (χ1v) is 7.27. The standard InChI is InChI=1S/C16H19NO4/c18-15(12-4-1-2-5-12)17-11-16(19,13-7-9-20-10-13)14-6-3-8-21-14/h3,6-10,12,19H,1-2,4-5,11H2,(H,17,18)/t16-/m1/s1. The van der Waals surface area contributed by atoms with E-state index in [0.717, 1.165) is 25.7 Å². The molecule has 1 amide bonds. The molecule has 1 saturated carbocycles. The Morgan fingerprint density at radius 2 is 2.14 bits per heavy atom. The zero-order valence-corrected chi connectivity index (χ0v) is 11.7. The lowest BCUT2D eigenvalue weighted by molar-refractivity contribution is -0.125. The minimum Gasteiger partial charge on any atom is -0.472 e. The summed E-state index contributed by atoms with van der Waals surface area (Å²) in [7, 11) is 0. The minimum absolute atomic E-state index is 0.000904. The molecule has 1 aliphatic rings. The number of carbonyl (C=O) groups is 1. The van der Waals surface area contributed by atoms with E-state index >= 15 is 0 Å². The maximum absolute atomic E-state index is 12.2. The third-order valence-electron chi connectivity index (χ3n) is 4.17. The molecule has 3 rings (SSSR count). The van der Waals surface area contributed by atoms with E-state index in [9.17, 15) is 9.90 Å². The number of furan rings is 2. The Balaban J connectivity index is 1.76. The van der Waals surface area contributed by atoms with Gasteiger partial charge in [0.15, 0.2) is 5.60 Å². The fraction of sp³-hybridized carbons (Fsp3) is 0.438. The van der Waals surface area contributed by atoms with Gasteiger partial charge in [-0.15, -0.1) is 0 Å². The highest BCUT2D eigenvalue weighted by Gasteiger charge is 2.36. The summed E-state index contributed by atoms with van der Waals surface area (Å²) in [5.74, 6) is 0.451. The van der Waals surface area contributed by atoms with E-state index in [2.05, 4.69) is 5.32 Å². The molecule has 0 spiro atoms. The van der Waals surface area contributed by atoms with E-state index in [4.69, 9.17) is 8.83 Å². The Morgan fingerprint density at radius 1 is 1.33 bits per heavy atom. The molecule has 5 heteroatoms. The van der Waals surface area contributed by atoms with Crippen LogP contribution < -0.4 is 5.32 Å². The fourth-order valence-corrected chi connectivity index (χ4v) is 2.89. The molecule has 2 aromatic heterocycles. The Hall–Kier alpha value is -2.01. The van der Waals surface area contributed by atoms with Gasteiger partial charge in [-0.3, -0.25) is 4.79 Å². The maximum atomic E-state index is 12.2. The van der Waals surface area contributed by atoms with Gasteiger partial charge in [0.25, 0.3) is 0 Å². The van der Waals surface area contributed by atoms with Crippen LogP contribution in [0, 0.1) is 5.92 Å². The molecule has 0 radical (unpaired) electrons. The summed E-state index contributed by atoms with van der Waals surface area (Å²) in [5.41, 5.74) is -0.853. The van der Waals surface area contributed by atoms with Crippen LogP contribution in [0.2, 0.25) is 0 Å². The number of amides is 1. The Bertz CT molecular complexity index is 533. The zero-order chi connectivity index (χ0) is 14.7. The molecule has 0 saturated heterocycles. The van der Waals surface area contributed by atoms with Gasteiger partial charge in [-0.05, 0) is 31.0 Å². The summed E-state index contributed by atoms with van der Waals surface area (Å²) in [5, 5.41) is 13.8. The van der Waals surface area contributed by atoms with Crippen LogP contribution in [0.4, 0.5) is 0 Å². The van der Waals surface area contributed by atoms with E-state index < -0.39 is 5.60 Å². The molecule has 112 valence electrons. The number of hydrogen-bond acceptors (Lipinski definition) is 4. The topological polar surface area (TPSA) is 75.6 Å². The highest BCUT2D eigenvalue weighted by Crippen LogP contribution is 2.30. The quantitative estimate of drug-likeness (QED) is 0.886. The second-order valence-corrected chi connectivity index (χ2v) is 5.55. The average molecular weight is 289 g/mol. The smallest absolute Gasteiger partial charge is 0.223 e. The second kappa shape index (κ2) is 5.77. The lowest BCUT2D eigenvalue weighted by Crippen LogP contribution is -2.43. The van der Waals surface area contributed by atoms with Gasteiger partial charge in [0.2, 0.25) is 5.91 Å². The van der Waals surface area contributed by atoms with Crippen molar-refractivity contribution < 1.29 is 18.7 Å². The monoisotopic (exact) mass is 289 g/mol. The molecular formula is C16H19NO4. The van der Waals surface area contributed by atoms with Gasteiger partial charge in [0.05, 0.1) is 25.3 Å². The van der Waals surface area contributed by atoms with E-state index in [0.29, 0.717) is 11.3 Å². The van der Waals surface area contributed by atoms with Crippen LogP contribution in [-0.4, -0.2) is 17.6 Å². The Kier molecular flexibility index (Phi) is 3.84. The van der Waals surface area contributed by atoms with Crippen molar-refractivity contribution in [3.8, 4) is 0 Å². The number of hydrogen-bond donors (Lipinski definition) is 2. The largest absolute Gasteiger partial charge is 0.472 e. The van der Waals surface area contributed by atoms with Gasteiger partial charge in [0, 0.05) is 11.5 Å². The first-order valence-electron chi connectivity index (χ1n) is 7.27. The molecule has 0 bridgehead atoms. The predicted octanol–water partition coefficient (Wildman–Crippen LogP) is 2.41. The van der Waals surface area contributed by atoms with Crippen molar-refractivity contribution in [1.82, 2.24) is 5.32 Å². The molecule has 2 heterocycles. The van der Waals surface area contributed by atoms with Crippen molar-refractivity contribution in [3.63, 3.8) is 0 Å². The summed E-state index contributed by atoms with van der Waals surface area (Å²) in [6.45, 7) is 0.0649. The predicted molar refractivity (Wildman–Crippen MR) is 75.4 cm³/mol. The average Bonchev–Trinajstić information content (AvgIpc) is 3.27. The minimum atomic E-state index is -1.41. The Morgan fingerprint density at radius 3 is 2.76 bits per heavy atom. The van der Waals surface area contributed by atoms with Crippen molar-refractivity contribution in [2.45, 2.75) is 31.3 Å². The lowest BCUT2D eigenvalue weighted by atomic mass is 9.93. The SMILES string of the molecule is O=C(NC[C@@](O)(c1ccoc1)c1ccco1)C1CCCC1. The van der Waals surface area contributed by atoms with Crippen LogP contribution in [0.1, 0.15) is 37.0 Å². The van der Waals surface area contributed by atoms with Crippen LogP contribution in [-0.2, 0) is 10.4 Å². The third-order valence-corrected chi connectivity index (χ3v) is 4.17. The van der Waals surface area contributed by atoms with Gasteiger partial charge in [-0.2, -0.15) is 0 Å². The van der Waals surface area contributed by atoms with Gasteiger partial charge in [0.1, 0.15) is 5.76 Å². The van der Waals surface area contributed by atoms with E-state index in [1.807, 2.05) is 0 Å².